The molecule has 0 saturated carbocycles. The van der Waals surface area contributed by atoms with Crippen LogP contribution in [0.15, 0.2) is 11.2 Å². The smallest absolute Gasteiger partial charge is 0.115 e. The summed E-state index contributed by atoms with van der Waals surface area (Å²) >= 11 is 1.84. The van der Waals surface area contributed by atoms with Gasteiger partial charge in [-0.15, -0.1) is 16.9 Å². The van der Waals surface area contributed by atoms with E-state index < -0.39 is 0 Å². The second kappa shape index (κ2) is 1.73. The quantitative estimate of drug-likeness (QED) is 0.534. The molecular formula is C5H7N3S. The molecule has 0 amide bonds. The monoisotopic (exact) mass is 141 g/mol. The third kappa shape index (κ3) is 0.738. The van der Waals surface area contributed by atoms with Crippen molar-refractivity contribution in [2.45, 2.75) is 23.7 Å². The molecule has 1 atom stereocenters. The van der Waals surface area contributed by atoms with Gasteiger partial charge >= 0.3 is 0 Å². The first-order valence-electron chi connectivity index (χ1n) is 2.91. The van der Waals surface area contributed by atoms with E-state index in [1.165, 1.54) is 5.03 Å². The van der Waals surface area contributed by atoms with E-state index in [2.05, 4.69) is 17.2 Å². The van der Waals surface area contributed by atoms with Gasteiger partial charge in [-0.2, -0.15) is 0 Å². The summed E-state index contributed by atoms with van der Waals surface area (Å²) in [6.07, 6.45) is 1.81. The van der Waals surface area contributed by atoms with Crippen molar-refractivity contribution in [1.82, 2.24) is 15.0 Å². The number of hydrogen-bond acceptors (Lipinski definition) is 3. The molecule has 0 fully saturated rings. The van der Waals surface area contributed by atoms with E-state index in [1.807, 2.05) is 22.6 Å². The molecule has 1 unspecified atom stereocenters. The zero-order valence-corrected chi connectivity index (χ0v) is 5.93. The van der Waals surface area contributed by atoms with Crippen LogP contribution in [-0.4, -0.2) is 20.2 Å². The molecule has 1 aromatic rings. The highest BCUT2D eigenvalue weighted by Gasteiger charge is 2.18. The third-order valence-corrected chi connectivity index (χ3v) is 2.44. The van der Waals surface area contributed by atoms with Gasteiger partial charge in [0.1, 0.15) is 5.03 Å². The fourth-order valence-electron chi connectivity index (χ4n) is 0.953. The van der Waals surface area contributed by atoms with Gasteiger partial charge in [0.2, 0.25) is 0 Å². The topological polar surface area (TPSA) is 30.7 Å². The van der Waals surface area contributed by atoms with E-state index in [-0.39, 0.29) is 0 Å². The van der Waals surface area contributed by atoms with Crippen LogP contribution in [0.5, 0.6) is 0 Å². The number of hydrogen-bond donors (Lipinski definition) is 0. The van der Waals surface area contributed by atoms with Crippen molar-refractivity contribution in [3.63, 3.8) is 0 Å². The Hall–Kier alpha value is -0.510. The molecule has 2 rings (SSSR count). The molecule has 4 heteroatoms. The fourth-order valence-corrected chi connectivity index (χ4v) is 1.92. The summed E-state index contributed by atoms with van der Waals surface area (Å²) in [7, 11) is 0. The molecule has 0 spiro atoms. The van der Waals surface area contributed by atoms with E-state index in [1.54, 1.807) is 0 Å². The third-order valence-electron chi connectivity index (χ3n) is 1.33. The van der Waals surface area contributed by atoms with Crippen molar-refractivity contribution in [1.29, 1.82) is 0 Å². The van der Waals surface area contributed by atoms with Crippen molar-refractivity contribution in [2.75, 3.05) is 0 Å². The van der Waals surface area contributed by atoms with Gasteiger partial charge in [0.25, 0.3) is 0 Å². The predicted molar refractivity (Wildman–Crippen MR) is 35.3 cm³/mol. The Bertz CT molecular complexity index is 199. The lowest BCUT2D eigenvalue weighted by molar-refractivity contribution is 0.573. The molecule has 0 radical (unpaired) electrons. The molecular weight excluding hydrogens is 134 g/mol. The minimum Gasteiger partial charge on any atom is -0.238 e. The van der Waals surface area contributed by atoms with Gasteiger partial charge in [0.15, 0.2) is 0 Å². The summed E-state index contributed by atoms with van der Waals surface area (Å²) < 4.78 is 1.94. The number of nitrogens with zero attached hydrogens (tertiary/aromatic N) is 3. The number of rotatable bonds is 0. The fraction of sp³-hybridized carbons (Fsp3) is 0.600. The van der Waals surface area contributed by atoms with Crippen molar-refractivity contribution in [2.24, 2.45) is 0 Å². The minimum absolute atomic E-state index is 0.676. The Labute approximate surface area is 57.4 Å². The summed E-state index contributed by atoms with van der Waals surface area (Å²) in [4.78, 5) is 0. The van der Waals surface area contributed by atoms with Crippen LogP contribution >= 0.6 is 11.8 Å². The maximum atomic E-state index is 3.89. The van der Waals surface area contributed by atoms with Gasteiger partial charge in [0.05, 0.1) is 12.7 Å². The number of thioether (sulfide) groups is 1. The van der Waals surface area contributed by atoms with Crippen LogP contribution in [0.2, 0.25) is 0 Å². The molecule has 1 aromatic heterocycles. The second-order valence-corrected chi connectivity index (χ2v) is 3.64. The van der Waals surface area contributed by atoms with Crippen LogP contribution in [0.25, 0.3) is 0 Å². The predicted octanol–water partition coefficient (Wildman–Crippen LogP) is 0.772. The molecule has 2 heterocycles. The van der Waals surface area contributed by atoms with Crippen LogP contribution in [0.1, 0.15) is 6.92 Å². The van der Waals surface area contributed by atoms with Gasteiger partial charge < -0.3 is 0 Å². The Morgan fingerprint density at radius 3 is 3.56 bits per heavy atom. The molecule has 1 aliphatic rings. The number of fused-ring (bicyclic) bond motifs is 1. The molecule has 0 aromatic carbocycles. The molecule has 0 saturated heterocycles. The van der Waals surface area contributed by atoms with E-state index >= 15 is 0 Å². The first kappa shape index (κ1) is 5.29. The zero-order chi connectivity index (χ0) is 6.27. The molecule has 3 nitrogen and oxygen atoms in total. The van der Waals surface area contributed by atoms with Crippen LogP contribution < -0.4 is 0 Å². The second-order valence-electron chi connectivity index (χ2n) is 2.18. The Kier molecular flexibility index (Phi) is 1.02. The molecule has 0 N–H and O–H groups in total. The average Bonchev–Trinajstić information content (AvgIpc) is 2.22. The first-order valence-corrected chi connectivity index (χ1v) is 3.79. The summed E-state index contributed by atoms with van der Waals surface area (Å²) in [5.41, 5.74) is 0. The molecule has 1 aliphatic heterocycles. The largest absolute Gasteiger partial charge is 0.238 e. The maximum absolute atomic E-state index is 3.89. The van der Waals surface area contributed by atoms with Gasteiger partial charge in [-0.05, 0) is 0 Å². The zero-order valence-electron chi connectivity index (χ0n) is 5.11. The highest BCUT2D eigenvalue weighted by atomic mass is 32.2. The van der Waals surface area contributed by atoms with Crippen molar-refractivity contribution in [3.05, 3.63) is 6.20 Å². The van der Waals surface area contributed by atoms with E-state index in [4.69, 9.17) is 0 Å². The van der Waals surface area contributed by atoms with Crippen LogP contribution in [0.4, 0.5) is 0 Å². The van der Waals surface area contributed by atoms with Crippen LogP contribution in [0.3, 0.4) is 0 Å². The normalized spacial score (nSPS) is 24.3. The molecule has 48 valence electrons. The van der Waals surface area contributed by atoms with Crippen molar-refractivity contribution in [3.8, 4) is 0 Å². The summed E-state index contributed by atoms with van der Waals surface area (Å²) in [6, 6.07) is 0. The van der Waals surface area contributed by atoms with Gasteiger partial charge in [-0.1, -0.05) is 12.1 Å². The standard InChI is InChI=1S/C5H7N3S/c1-4-3-8-5(9-4)2-6-7-8/h2,4H,3H2,1H3. The highest BCUT2D eigenvalue weighted by Crippen LogP contribution is 2.29. The molecule has 9 heavy (non-hydrogen) atoms. The van der Waals surface area contributed by atoms with E-state index in [0.29, 0.717) is 5.25 Å². The average molecular weight is 141 g/mol. The van der Waals surface area contributed by atoms with Crippen molar-refractivity contribution < 1.29 is 0 Å². The molecule has 0 aliphatic carbocycles. The van der Waals surface area contributed by atoms with E-state index in [9.17, 15) is 0 Å². The lowest BCUT2D eigenvalue weighted by Gasteiger charge is -1.92. The maximum Gasteiger partial charge on any atom is 0.115 e. The lowest BCUT2D eigenvalue weighted by Crippen LogP contribution is -2.01. The highest BCUT2D eigenvalue weighted by molar-refractivity contribution is 8.00. The SMILES string of the molecule is CC1Cn2nncc2S1. The van der Waals surface area contributed by atoms with Gasteiger partial charge in [0, 0.05) is 5.25 Å². The Balaban J connectivity index is 2.39. The van der Waals surface area contributed by atoms with Crippen LogP contribution in [0, 0.1) is 0 Å². The van der Waals surface area contributed by atoms with Gasteiger partial charge in [-0.25, -0.2) is 4.68 Å². The molecule has 0 bridgehead atoms. The summed E-state index contributed by atoms with van der Waals surface area (Å²) in [5.74, 6) is 0. The van der Waals surface area contributed by atoms with E-state index in [0.717, 1.165) is 6.54 Å². The Morgan fingerprint density at radius 1 is 1.89 bits per heavy atom. The summed E-state index contributed by atoms with van der Waals surface area (Å²) in [5, 5.41) is 9.54. The first-order chi connectivity index (χ1) is 4.36. The van der Waals surface area contributed by atoms with Gasteiger partial charge in [-0.3, -0.25) is 0 Å². The van der Waals surface area contributed by atoms with Crippen LogP contribution in [-0.2, 0) is 6.54 Å². The lowest BCUT2D eigenvalue weighted by atomic mass is 10.5. The Morgan fingerprint density at radius 2 is 2.78 bits per heavy atom. The summed E-state index contributed by atoms with van der Waals surface area (Å²) in [6.45, 7) is 3.21. The van der Waals surface area contributed by atoms with Crippen molar-refractivity contribution >= 4 is 11.8 Å². The minimum atomic E-state index is 0.676. The number of aromatic nitrogens is 3.